The predicted octanol–water partition coefficient (Wildman–Crippen LogP) is 0.680. The Hall–Kier alpha value is -1.82. The molecule has 0 spiro atoms. The van der Waals surface area contributed by atoms with Gasteiger partial charge >= 0.3 is 5.97 Å². The van der Waals surface area contributed by atoms with Crippen LogP contribution in [0.2, 0.25) is 0 Å². The van der Waals surface area contributed by atoms with Crippen LogP contribution in [0.3, 0.4) is 0 Å². The van der Waals surface area contributed by atoms with E-state index >= 15 is 0 Å². The lowest BCUT2D eigenvalue weighted by Gasteiger charge is -2.08. The standard InChI is InChI=1S/C12H18N2O4/c1-8(2)14-10(15)7-13-6-9-4-5-18-11(9)12(16)17-3/h4-5,8,13H,6-7H2,1-3H3,(H,14,15). The second-order valence-electron chi connectivity index (χ2n) is 4.09. The normalized spacial score (nSPS) is 10.4. The van der Waals surface area contributed by atoms with Gasteiger partial charge in [0.2, 0.25) is 11.7 Å². The Labute approximate surface area is 106 Å². The summed E-state index contributed by atoms with van der Waals surface area (Å²) in [6, 6.07) is 1.78. The van der Waals surface area contributed by atoms with Gasteiger partial charge in [-0.25, -0.2) is 4.79 Å². The SMILES string of the molecule is COC(=O)c1occc1CNCC(=O)NC(C)C. The van der Waals surface area contributed by atoms with E-state index in [1.54, 1.807) is 6.07 Å². The van der Waals surface area contributed by atoms with E-state index in [2.05, 4.69) is 15.4 Å². The minimum absolute atomic E-state index is 0.0897. The van der Waals surface area contributed by atoms with Crippen molar-refractivity contribution in [1.29, 1.82) is 0 Å². The molecule has 1 amide bonds. The van der Waals surface area contributed by atoms with Crippen LogP contribution in [-0.2, 0) is 16.1 Å². The van der Waals surface area contributed by atoms with Crippen molar-refractivity contribution < 1.29 is 18.7 Å². The maximum atomic E-state index is 11.4. The highest BCUT2D eigenvalue weighted by molar-refractivity contribution is 5.87. The van der Waals surface area contributed by atoms with E-state index in [4.69, 9.17) is 4.42 Å². The van der Waals surface area contributed by atoms with Gasteiger partial charge in [-0.15, -0.1) is 0 Å². The Bertz CT molecular complexity index is 412. The Balaban J connectivity index is 2.42. The van der Waals surface area contributed by atoms with Crippen LogP contribution in [0.15, 0.2) is 16.7 Å². The van der Waals surface area contributed by atoms with Crippen LogP contribution in [0, 0.1) is 0 Å². The zero-order valence-corrected chi connectivity index (χ0v) is 10.8. The van der Waals surface area contributed by atoms with Crippen LogP contribution in [0.1, 0.15) is 30.0 Å². The number of esters is 1. The Morgan fingerprint density at radius 2 is 2.17 bits per heavy atom. The van der Waals surface area contributed by atoms with Crippen molar-refractivity contribution in [1.82, 2.24) is 10.6 Å². The van der Waals surface area contributed by atoms with E-state index in [9.17, 15) is 9.59 Å². The van der Waals surface area contributed by atoms with Gasteiger partial charge in [-0.05, 0) is 19.9 Å². The monoisotopic (exact) mass is 254 g/mol. The summed E-state index contributed by atoms with van der Waals surface area (Å²) in [6.45, 7) is 4.34. The van der Waals surface area contributed by atoms with Crippen LogP contribution in [0.25, 0.3) is 0 Å². The quantitative estimate of drug-likeness (QED) is 0.730. The summed E-state index contributed by atoms with van der Waals surface area (Å²) in [5.41, 5.74) is 0.666. The molecule has 0 fully saturated rings. The molecule has 1 aromatic rings. The first-order valence-corrected chi connectivity index (χ1v) is 5.69. The van der Waals surface area contributed by atoms with Crippen molar-refractivity contribution in [3.8, 4) is 0 Å². The summed E-state index contributed by atoms with van der Waals surface area (Å²) in [7, 11) is 1.29. The molecule has 0 atom stereocenters. The molecule has 18 heavy (non-hydrogen) atoms. The Morgan fingerprint density at radius 1 is 1.44 bits per heavy atom. The van der Waals surface area contributed by atoms with Crippen molar-refractivity contribution in [3.63, 3.8) is 0 Å². The van der Waals surface area contributed by atoms with Crippen LogP contribution in [0.4, 0.5) is 0 Å². The summed E-state index contributed by atoms with van der Waals surface area (Å²) in [5.74, 6) is -0.453. The fourth-order valence-corrected chi connectivity index (χ4v) is 1.43. The smallest absolute Gasteiger partial charge is 0.374 e. The van der Waals surface area contributed by atoms with E-state index in [-0.39, 0.29) is 24.3 Å². The third kappa shape index (κ3) is 4.21. The fourth-order valence-electron chi connectivity index (χ4n) is 1.43. The summed E-state index contributed by atoms with van der Waals surface area (Å²) in [5, 5.41) is 5.69. The van der Waals surface area contributed by atoms with E-state index in [0.29, 0.717) is 12.1 Å². The highest BCUT2D eigenvalue weighted by Crippen LogP contribution is 2.11. The number of methoxy groups -OCH3 is 1. The first kappa shape index (κ1) is 14.2. The lowest BCUT2D eigenvalue weighted by Crippen LogP contribution is -2.37. The highest BCUT2D eigenvalue weighted by Gasteiger charge is 2.15. The van der Waals surface area contributed by atoms with Gasteiger partial charge in [0.1, 0.15) is 0 Å². The van der Waals surface area contributed by atoms with Crippen molar-refractivity contribution in [2.75, 3.05) is 13.7 Å². The third-order valence-electron chi connectivity index (χ3n) is 2.17. The number of hydrogen-bond acceptors (Lipinski definition) is 5. The van der Waals surface area contributed by atoms with E-state index < -0.39 is 5.97 Å². The van der Waals surface area contributed by atoms with Gasteiger partial charge in [0, 0.05) is 18.2 Å². The van der Waals surface area contributed by atoms with Gasteiger partial charge in [-0.2, -0.15) is 0 Å². The number of nitrogens with one attached hydrogen (secondary N) is 2. The van der Waals surface area contributed by atoms with Gasteiger partial charge in [-0.3, -0.25) is 4.79 Å². The minimum Gasteiger partial charge on any atom is -0.463 e. The fraction of sp³-hybridized carbons (Fsp3) is 0.500. The molecule has 1 rings (SSSR count). The summed E-state index contributed by atoms with van der Waals surface area (Å²) >= 11 is 0. The summed E-state index contributed by atoms with van der Waals surface area (Å²) in [4.78, 5) is 22.7. The lowest BCUT2D eigenvalue weighted by molar-refractivity contribution is -0.120. The topological polar surface area (TPSA) is 80.6 Å². The minimum atomic E-state index is -0.525. The first-order valence-electron chi connectivity index (χ1n) is 5.69. The Kier molecular flexibility index (Phi) is 5.38. The number of carbonyl (C=O) groups is 2. The lowest BCUT2D eigenvalue weighted by atomic mass is 10.2. The molecule has 6 nitrogen and oxygen atoms in total. The van der Waals surface area contributed by atoms with E-state index in [1.807, 2.05) is 13.8 Å². The van der Waals surface area contributed by atoms with Crippen molar-refractivity contribution in [3.05, 3.63) is 23.7 Å². The molecule has 0 aliphatic rings. The zero-order chi connectivity index (χ0) is 13.5. The number of amides is 1. The number of ether oxygens (including phenoxy) is 1. The first-order chi connectivity index (χ1) is 8.54. The maximum Gasteiger partial charge on any atom is 0.374 e. The predicted molar refractivity (Wildman–Crippen MR) is 65.0 cm³/mol. The molecule has 0 aromatic carbocycles. The molecule has 0 aliphatic heterocycles. The van der Waals surface area contributed by atoms with Crippen molar-refractivity contribution in [2.24, 2.45) is 0 Å². The van der Waals surface area contributed by atoms with Gasteiger partial charge in [-0.1, -0.05) is 0 Å². The summed E-state index contributed by atoms with van der Waals surface area (Å²) < 4.78 is 9.60. The van der Waals surface area contributed by atoms with E-state index in [0.717, 1.165) is 0 Å². The molecule has 100 valence electrons. The second-order valence-corrected chi connectivity index (χ2v) is 4.09. The molecule has 2 N–H and O–H groups in total. The van der Waals surface area contributed by atoms with Crippen molar-refractivity contribution >= 4 is 11.9 Å². The van der Waals surface area contributed by atoms with E-state index in [1.165, 1.54) is 13.4 Å². The molecule has 0 unspecified atom stereocenters. The molecule has 1 aromatic heterocycles. The Morgan fingerprint density at radius 3 is 2.78 bits per heavy atom. The largest absolute Gasteiger partial charge is 0.463 e. The molecule has 6 heteroatoms. The van der Waals surface area contributed by atoms with Crippen LogP contribution in [0.5, 0.6) is 0 Å². The van der Waals surface area contributed by atoms with Gasteiger partial charge in [0.05, 0.1) is 19.9 Å². The van der Waals surface area contributed by atoms with Gasteiger partial charge < -0.3 is 19.8 Å². The molecule has 0 saturated heterocycles. The highest BCUT2D eigenvalue weighted by atomic mass is 16.5. The molecular formula is C12H18N2O4. The van der Waals surface area contributed by atoms with Crippen LogP contribution >= 0.6 is 0 Å². The zero-order valence-electron chi connectivity index (χ0n) is 10.8. The maximum absolute atomic E-state index is 11.4. The second kappa shape index (κ2) is 6.80. The number of carbonyl (C=O) groups excluding carboxylic acids is 2. The molecule has 0 aliphatic carbocycles. The number of rotatable bonds is 6. The molecule has 1 heterocycles. The van der Waals surface area contributed by atoms with Crippen LogP contribution in [-0.4, -0.2) is 31.6 Å². The molecule has 0 radical (unpaired) electrons. The average molecular weight is 254 g/mol. The number of hydrogen-bond donors (Lipinski definition) is 2. The molecular weight excluding hydrogens is 236 g/mol. The molecule has 0 saturated carbocycles. The van der Waals surface area contributed by atoms with Gasteiger partial charge in [0.25, 0.3) is 0 Å². The van der Waals surface area contributed by atoms with Crippen LogP contribution < -0.4 is 10.6 Å². The molecule has 0 bridgehead atoms. The van der Waals surface area contributed by atoms with Crippen molar-refractivity contribution in [2.45, 2.75) is 26.4 Å². The average Bonchev–Trinajstić information content (AvgIpc) is 2.75. The summed E-state index contributed by atoms with van der Waals surface area (Å²) in [6.07, 6.45) is 1.41. The number of furan rings is 1. The third-order valence-corrected chi connectivity index (χ3v) is 2.17. The van der Waals surface area contributed by atoms with Gasteiger partial charge in [0.15, 0.2) is 0 Å².